The van der Waals surface area contributed by atoms with Gasteiger partial charge in [-0.3, -0.25) is 19.2 Å². The molecule has 3 N–H and O–H groups in total. The second-order valence-electron chi connectivity index (χ2n) is 9.47. The van der Waals surface area contributed by atoms with Gasteiger partial charge in [-0.25, -0.2) is 0 Å². The monoisotopic (exact) mass is 448 g/mol. The van der Waals surface area contributed by atoms with E-state index in [1.54, 1.807) is 13.1 Å². The Morgan fingerprint density at radius 1 is 0.853 bits per heavy atom. The first-order chi connectivity index (χ1) is 16.5. The first kappa shape index (κ1) is 19.7. The van der Waals surface area contributed by atoms with E-state index in [4.69, 9.17) is 5.73 Å². The van der Waals surface area contributed by atoms with Crippen LogP contribution in [0.3, 0.4) is 0 Å². The summed E-state index contributed by atoms with van der Waals surface area (Å²) in [5.41, 5.74) is 11.8. The fraction of sp³-hybridized carbons (Fsp3) is 0.214. The molecular formula is C28H20N2O4. The Morgan fingerprint density at radius 2 is 1.56 bits per heavy atom. The number of likely N-dealkylation sites (N-methyl/N-ethyl adjacent to an activating group) is 1. The summed E-state index contributed by atoms with van der Waals surface area (Å²) in [5, 5.41) is 4.48. The number of nitrogens with two attached hydrogens (primary N) is 1. The fourth-order valence-electron chi connectivity index (χ4n) is 6.60. The number of Topliss-reactive ketones (excluding diaryl/α,β-unsaturated/α-hetero) is 4. The minimum absolute atomic E-state index is 0.00629. The quantitative estimate of drug-likeness (QED) is 0.684. The maximum atomic E-state index is 13.1. The van der Waals surface area contributed by atoms with Crippen LogP contribution in [0.2, 0.25) is 0 Å². The molecule has 7 rings (SSSR count). The van der Waals surface area contributed by atoms with E-state index in [2.05, 4.69) is 5.32 Å². The Morgan fingerprint density at radius 3 is 2.26 bits per heavy atom. The summed E-state index contributed by atoms with van der Waals surface area (Å²) in [4.78, 5) is 52.5. The number of allylic oxidation sites excluding steroid dienone is 8. The molecule has 4 atom stereocenters. The first-order valence-electron chi connectivity index (χ1n) is 11.5. The molecule has 166 valence electrons. The van der Waals surface area contributed by atoms with E-state index < -0.39 is 12.0 Å². The highest BCUT2D eigenvalue weighted by molar-refractivity contribution is 6.33. The zero-order chi connectivity index (χ0) is 23.5. The second-order valence-corrected chi connectivity index (χ2v) is 9.47. The lowest BCUT2D eigenvalue weighted by Crippen LogP contribution is -2.44. The third kappa shape index (κ3) is 2.09. The first-order valence-corrected chi connectivity index (χ1v) is 11.5. The van der Waals surface area contributed by atoms with Gasteiger partial charge in [0.15, 0.2) is 23.1 Å². The van der Waals surface area contributed by atoms with Crippen molar-refractivity contribution in [3.8, 4) is 0 Å². The van der Waals surface area contributed by atoms with Crippen molar-refractivity contribution in [2.75, 3.05) is 13.6 Å². The van der Waals surface area contributed by atoms with Gasteiger partial charge in [-0.15, -0.1) is 0 Å². The highest BCUT2D eigenvalue weighted by atomic mass is 16.2. The highest BCUT2D eigenvalue weighted by Gasteiger charge is 2.48. The van der Waals surface area contributed by atoms with Crippen LogP contribution in [0.1, 0.15) is 37.8 Å². The Hall–Kier alpha value is -3.74. The molecule has 0 heterocycles. The number of hydrogen-bond acceptors (Lipinski definition) is 6. The van der Waals surface area contributed by atoms with Gasteiger partial charge >= 0.3 is 0 Å². The summed E-state index contributed by atoms with van der Waals surface area (Å²) in [5.74, 6) is -1.95. The van der Waals surface area contributed by atoms with Crippen LogP contribution in [0.25, 0.3) is 16.3 Å². The molecule has 0 saturated carbocycles. The molecule has 0 saturated heterocycles. The molecule has 0 fully saturated rings. The van der Waals surface area contributed by atoms with Crippen LogP contribution in [0, 0.1) is 11.8 Å². The van der Waals surface area contributed by atoms with Gasteiger partial charge in [0.2, 0.25) is 0 Å². The van der Waals surface area contributed by atoms with E-state index in [1.807, 2.05) is 42.5 Å². The Labute approximate surface area is 194 Å². The predicted octanol–water partition coefficient (Wildman–Crippen LogP) is 2.44. The van der Waals surface area contributed by atoms with Crippen LogP contribution in [0.4, 0.5) is 0 Å². The number of carbonyl (C=O) groups is 4. The molecule has 2 aromatic rings. The summed E-state index contributed by atoms with van der Waals surface area (Å²) in [7, 11) is 1.62. The third-order valence-electron chi connectivity index (χ3n) is 8.09. The van der Waals surface area contributed by atoms with E-state index >= 15 is 0 Å². The van der Waals surface area contributed by atoms with Gasteiger partial charge in [-0.1, -0.05) is 48.6 Å². The molecule has 0 amide bonds. The summed E-state index contributed by atoms with van der Waals surface area (Å²) < 4.78 is 0. The summed E-state index contributed by atoms with van der Waals surface area (Å²) in [6.45, 7) is -0.00629. The minimum Gasteiger partial charge on any atom is -0.329 e. The molecular weight excluding hydrogens is 428 g/mol. The Balaban J connectivity index is 1.55. The van der Waals surface area contributed by atoms with Crippen molar-refractivity contribution in [2.45, 2.75) is 12.0 Å². The average Bonchev–Trinajstić information content (AvgIpc) is 2.85. The molecule has 34 heavy (non-hydrogen) atoms. The fourth-order valence-corrected chi connectivity index (χ4v) is 6.60. The number of hydrogen-bond donors (Lipinski definition) is 2. The summed E-state index contributed by atoms with van der Waals surface area (Å²) in [6, 6.07) is 6.66. The van der Waals surface area contributed by atoms with Crippen molar-refractivity contribution in [3.05, 3.63) is 87.5 Å². The number of ketones is 4. The van der Waals surface area contributed by atoms with Crippen LogP contribution in [0.15, 0.2) is 65.3 Å². The lowest BCUT2D eigenvalue weighted by atomic mass is 9.58. The topological polar surface area (TPSA) is 106 Å². The van der Waals surface area contributed by atoms with Crippen molar-refractivity contribution in [1.29, 1.82) is 0 Å². The Bertz CT molecular complexity index is 1550. The lowest BCUT2D eigenvalue weighted by Gasteiger charge is -2.43. The van der Waals surface area contributed by atoms with Crippen molar-refractivity contribution in [1.82, 2.24) is 5.32 Å². The van der Waals surface area contributed by atoms with Crippen molar-refractivity contribution in [2.24, 2.45) is 17.6 Å². The van der Waals surface area contributed by atoms with Crippen LogP contribution in [-0.2, 0) is 9.59 Å². The predicted molar refractivity (Wildman–Crippen MR) is 126 cm³/mol. The van der Waals surface area contributed by atoms with Gasteiger partial charge < -0.3 is 11.1 Å². The van der Waals surface area contributed by atoms with E-state index in [9.17, 15) is 19.2 Å². The second kappa shape index (κ2) is 6.44. The van der Waals surface area contributed by atoms with Crippen molar-refractivity contribution >= 4 is 39.5 Å². The highest BCUT2D eigenvalue weighted by Crippen LogP contribution is 2.57. The van der Waals surface area contributed by atoms with E-state index in [0.29, 0.717) is 27.7 Å². The molecule has 4 unspecified atom stereocenters. The van der Waals surface area contributed by atoms with Crippen LogP contribution < -0.4 is 11.1 Å². The molecule has 0 radical (unpaired) electrons. The maximum Gasteiger partial charge on any atom is 0.188 e. The molecule has 6 heteroatoms. The maximum absolute atomic E-state index is 13.1. The molecule has 2 aromatic carbocycles. The lowest BCUT2D eigenvalue weighted by molar-refractivity contribution is -0.128. The molecule has 0 bridgehead atoms. The van der Waals surface area contributed by atoms with E-state index in [-0.39, 0.29) is 41.5 Å². The van der Waals surface area contributed by atoms with Gasteiger partial charge in [0.1, 0.15) is 6.04 Å². The van der Waals surface area contributed by atoms with E-state index in [1.165, 1.54) is 0 Å². The summed E-state index contributed by atoms with van der Waals surface area (Å²) in [6.07, 6.45) is 7.63. The van der Waals surface area contributed by atoms with Crippen LogP contribution >= 0.6 is 0 Å². The van der Waals surface area contributed by atoms with Crippen LogP contribution in [-0.4, -0.2) is 42.8 Å². The van der Waals surface area contributed by atoms with Gasteiger partial charge in [0.05, 0.1) is 5.92 Å². The van der Waals surface area contributed by atoms with Gasteiger partial charge in [0, 0.05) is 46.0 Å². The smallest absolute Gasteiger partial charge is 0.188 e. The minimum atomic E-state index is -0.875. The molecule has 5 aliphatic rings. The zero-order valence-corrected chi connectivity index (χ0v) is 18.3. The van der Waals surface area contributed by atoms with Gasteiger partial charge in [-0.2, -0.15) is 0 Å². The van der Waals surface area contributed by atoms with E-state index in [0.717, 1.165) is 27.7 Å². The molecule has 5 aliphatic carbocycles. The standard InChI is InChI=1S/C28H20N2O4/c1-30-24-27(33)17-8-4-13-11-2-6-15-22-16(26(32)19(10-29)25(15)31)7-3-12(20(11)22)14-5-9-18(28(24)34)23(17)21(13)14/h2-9,11,19-20,24,30H,10,29H2,1H3. The molecule has 0 aliphatic heterocycles. The SMILES string of the molecule is CNC1C(=O)c2ccc3c4c(ccc(c24)C1=O)C1C=CC2=C4C(=CC=C3C41)C(=O)C(CN)C2=O. The van der Waals surface area contributed by atoms with Gasteiger partial charge in [0.25, 0.3) is 0 Å². The number of carbonyl (C=O) groups excluding carboxylic acids is 4. The third-order valence-corrected chi connectivity index (χ3v) is 8.09. The Kier molecular flexibility index (Phi) is 3.73. The largest absolute Gasteiger partial charge is 0.329 e. The van der Waals surface area contributed by atoms with Crippen LogP contribution in [0.5, 0.6) is 0 Å². The molecule has 0 aromatic heterocycles. The normalized spacial score (nSPS) is 28.3. The number of benzene rings is 2. The zero-order valence-electron chi connectivity index (χ0n) is 18.3. The average molecular weight is 448 g/mol. The van der Waals surface area contributed by atoms with Crippen molar-refractivity contribution in [3.63, 3.8) is 0 Å². The molecule has 0 spiro atoms. The van der Waals surface area contributed by atoms with Crippen molar-refractivity contribution < 1.29 is 19.2 Å². The number of rotatable bonds is 2. The van der Waals surface area contributed by atoms with Gasteiger partial charge in [-0.05, 0) is 34.7 Å². The summed E-state index contributed by atoms with van der Waals surface area (Å²) >= 11 is 0. The number of nitrogens with one attached hydrogen (secondary N) is 1. The number of fused-ring (bicyclic) bond motifs is 2. The molecule has 6 nitrogen and oxygen atoms in total.